The maximum atomic E-state index is 11.8. The van der Waals surface area contributed by atoms with E-state index >= 15 is 0 Å². The van der Waals surface area contributed by atoms with Crippen LogP contribution in [0.5, 0.6) is 0 Å². The number of rotatable bonds is 5. The monoisotopic (exact) mass is 389 g/mol. The van der Waals surface area contributed by atoms with Crippen molar-refractivity contribution in [2.45, 2.75) is 38.5 Å². The van der Waals surface area contributed by atoms with Crippen LogP contribution in [0.1, 0.15) is 24.0 Å². The molecule has 1 saturated carbocycles. The van der Waals surface area contributed by atoms with Gasteiger partial charge in [0.25, 0.3) is 0 Å². The highest BCUT2D eigenvalue weighted by molar-refractivity contribution is 9.10. The summed E-state index contributed by atoms with van der Waals surface area (Å²) < 4.78 is 6.09. The highest BCUT2D eigenvalue weighted by Gasteiger charge is 2.30. The van der Waals surface area contributed by atoms with E-state index in [1.807, 2.05) is 43.5 Å². The number of carbonyl (C=O) groups excluding carboxylic acids is 1. The summed E-state index contributed by atoms with van der Waals surface area (Å²) in [4.78, 5) is 16.1. The molecular formula is C18H20BrN3O2. The number of ether oxygens (including phenoxy) is 1. The third-order valence-corrected chi connectivity index (χ3v) is 4.89. The fourth-order valence-electron chi connectivity index (χ4n) is 2.66. The maximum absolute atomic E-state index is 11.8. The first-order valence-corrected chi connectivity index (χ1v) is 8.75. The second kappa shape index (κ2) is 7.66. The van der Waals surface area contributed by atoms with Gasteiger partial charge in [0, 0.05) is 12.1 Å². The van der Waals surface area contributed by atoms with Crippen molar-refractivity contribution < 1.29 is 9.53 Å². The number of carbonyl (C=O) groups is 1. The predicted molar refractivity (Wildman–Crippen MR) is 96.9 cm³/mol. The topological polar surface area (TPSA) is 63.2 Å². The molecule has 0 saturated heterocycles. The van der Waals surface area contributed by atoms with Crippen molar-refractivity contribution in [2.24, 2.45) is 0 Å². The van der Waals surface area contributed by atoms with Crippen LogP contribution in [0.4, 0.5) is 10.5 Å². The summed E-state index contributed by atoms with van der Waals surface area (Å²) in [5.41, 5.74) is 3.09. The molecule has 1 fully saturated rings. The number of nitrogens with zero attached hydrogens (tertiary/aromatic N) is 1. The van der Waals surface area contributed by atoms with Gasteiger partial charge in [0.1, 0.15) is 11.2 Å². The maximum Gasteiger partial charge on any atom is 0.407 e. The summed E-state index contributed by atoms with van der Waals surface area (Å²) >= 11 is 3.39. The molecule has 1 aromatic heterocycles. The van der Waals surface area contributed by atoms with Gasteiger partial charge in [0.2, 0.25) is 0 Å². The molecule has 2 N–H and O–H groups in total. The molecule has 126 valence electrons. The van der Waals surface area contributed by atoms with E-state index in [2.05, 4.69) is 37.6 Å². The molecule has 0 spiro atoms. The number of amides is 1. The number of aromatic nitrogens is 1. The van der Waals surface area contributed by atoms with Gasteiger partial charge in [-0.2, -0.15) is 0 Å². The first-order valence-electron chi connectivity index (χ1n) is 7.96. The minimum absolute atomic E-state index is 0.162. The van der Waals surface area contributed by atoms with Crippen molar-refractivity contribution in [3.8, 4) is 0 Å². The number of alkyl carbamates (subject to hydrolysis) is 1. The number of anilines is 1. The van der Waals surface area contributed by atoms with Crippen LogP contribution in [0.2, 0.25) is 0 Å². The van der Waals surface area contributed by atoms with Gasteiger partial charge in [-0.1, -0.05) is 30.3 Å². The average molecular weight is 390 g/mol. The third kappa shape index (κ3) is 4.47. The Balaban J connectivity index is 1.37. The van der Waals surface area contributed by atoms with Crippen molar-refractivity contribution in [3.05, 3.63) is 58.3 Å². The molecule has 6 heteroatoms. The van der Waals surface area contributed by atoms with E-state index in [1.165, 1.54) is 0 Å². The zero-order chi connectivity index (χ0) is 16.9. The molecule has 1 amide bonds. The first kappa shape index (κ1) is 16.8. The van der Waals surface area contributed by atoms with E-state index in [1.54, 1.807) is 0 Å². The number of hydrogen-bond acceptors (Lipinski definition) is 4. The molecule has 0 unspecified atom stereocenters. The van der Waals surface area contributed by atoms with Crippen molar-refractivity contribution in [1.82, 2.24) is 10.3 Å². The van der Waals surface area contributed by atoms with Gasteiger partial charge in [-0.15, -0.1) is 0 Å². The highest BCUT2D eigenvalue weighted by atomic mass is 79.9. The minimum Gasteiger partial charge on any atom is -0.445 e. The first-order chi connectivity index (χ1) is 11.6. The Morgan fingerprint density at radius 3 is 2.75 bits per heavy atom. The van der Waals surface area contributed by atoms with Crippen molar-refractivity contribution in [2.75, 3.05) is 5.32 Å². The van der Waals surface area contributed by atoms with E-state index in [4.69, 9.17) is 4.74 Å². The Bertz CT molecular complexity index is 703. The van der Waals surface area contributed by atoms with Crippen LogP contribution in [-0.2, 0) is 11.3 Å². The smallest absolute Gasteiger partial charge is 0.407 e. The van der Waals surface area contributed by atoms with Gasteiger partial charge in [-0.3, -0.25) is 0 Å². The lowest BCUT2D eigenvalue weighted by Gasteiger charge is -2.36. The number of benzene rings is 1. The number of nitrogens with one attached hydrogen (secondary N) is 2. The van der Waals surface area contributed by atoms with Crippen LogP contribution >= 0.6 is 15.9 Å². The van der Waals surface area contributed by atoms with Crippen LogP contribution < -0.4 is 10.6 Å². The van der Waals surface area contributed by atoms with Crippen LogP contribution in [-0.4, -0.2) is 23.2 Å². The van der Waals surface area contributed by atoms with Crippen molar-refractivity contribution >= 4 is 27.7 Å². The molecule has 24 heavy (non-hydrogen) atoms. The van der Waals surface area contributed by atoms with Gasteiger partial charge in [-0.05, 0) is 52.9 Å². The molecule has 1 aliphatic carbocycles. The van der Waals surface area contributed by atoms with Gasteiger partial charge < -0.3 is 15.4 Å². The third-order valence-electron chi connectivity index (χ3n) is 4.06. The molecule has 0 atom stereocenters. The standard InChI is InChI=1S/C18H20BrN3O2/c1-12-7-16(10-20-17(12)19)21-14-8-15(9-14)22-18(23)24-11-13-5-3-2-4-6-13/h2-7,10,14-15,21H,8-9,11H2,1H3,(H,22,23). The summed E-state index contributed by atoms with van der Waals surface area (Å²) in [7, 11) is 0. The zero-order valence-electron chi connectivity index (χ0n) is 13.5. The Morgan fingerprint density at radius 1 is 1.29 bits per heavy atom. The summed E-state index contributed by atoms with van der Waals surface area (Å²) in [6.45, 7) is 2.31. The Kier molecular flexibility index (Phi) is 5.35. The summed E-state index contributed by atoms with van der Waals surface area (Å²) in [6.07, 6.45) is 3.22. The number of hydrogen-bond donors (Lipinski definition) is 2. The molecular weight excluding hydrogens is 370 g/mol. The Labute approximate surface area is 149 Å². The molecule has 5 nitrogen and oxygen atoms in total. The molecule has 0 aliphatic heterocycles. The lowest BCUT2D eigenvalue weighted by atomic mass is 9.86. The lowest BCUT2D eigenvalue weighted by Crippen LogP contribution is -2.49. The Hall–Kier alpha value is -2.08. The second-order valence-corrected chi connectivity index (χ2v) is 6.80. The number of halogens is 1. The van der Waals surface area contributed by atoms with E-state index in [0.717, 1.165) is 34.3 Å². The fourth-order valence-corrected chi connectivity index (χ4v) is 2.87. The summed E-state index contributed by atoms with van der Waals surface area (Å²) in [5.74, 6) is 0. The largest absolute Gasteiger partial charge is 0.445 e. The van der Waals surface area contributed by atoms with Gasteiger partial charge in [0.15, 0.2) is 0 Å². The van der Waals surface area contributed by atoms with E-state index in [-0.39, 0.29) is 12.1 Å². The molecule has 3 rings (SSSR count). The van der Waals surface area contributed by atoms with Gasteiger partial charge in [0.05, 0.1) is 11.9 Å². The van der Waals surface area contributed by atoms with Crippen LogP contribution in [0.3, 0.4) is 0 Å². The van der Waals surface area contributed by atoms with Gasteiger partial charge >= 0.3 is 6.09 Å². The molecule has 1 aliphatic rings. The zero-order valence-corrected chi connectivity index (χ0v) is 15.0. The normalized spacial score (nSPS) is 19.2. The van der Waals surface area contributed by atoms with Crippen LogP contribution in [0.25, 0.3) is 0 Å². The van der Waals surface area contributed by atoms with Crippen LogP contribution in [0, 0.1) is 6.92 Å². The fraction of sp³-hybridized carbons (Fsp3) is 0.333. The summed E-state index contributed by atoms with van der Waals surface area (Å²) in [6, 6.07) is 12.2. The predicted octanol–water partition coefficient (Wildman–Crippen LogP) is 4.02. The van der Waals surface area contributed by atoms with E-state index in [9.17, 15) is 4.79 Å². The lowest BCUT2D eigenvalue weighted by molar-refractivity contribution is 0.129. The number of aryl methyl sites for hydroxylation is 1. The molecule has 1 aromatic carbocycles. The quantitative estimate of drug-likeness (QED) is 0.757. The molecule has 0 bridgehead atoms. The number of pyridine rings is 1. The SMILES string of the molecule is Cc1cc(NC2CC(NC(=O)OCc3ccccc3)C2)cnc1Br. The molecule has 1 heterocycles. The van der Waals surface area contributed by atoms with Gasteiger partial charge in [-0.25, -0.2) is 9.78 Å². The minimum atomic E-state index is -0.358. The Morgan fingerprint density at radius 2 is 2.04 bits per heavy atom. The summed E-state index contributed by atoms with van der Waals surface area (Å²) in [5, 5.41) is 6.33. The van der Waals surface area contributed by atoms with Crippen molar-refractivity contribution in [3.63, 3.8) is 0 Å². The van der Waals surface area contributed by atoms with Crippen LogP contribution in [0.15, 0.2) is 47.2 Å². The van der Waals surface area contributed by atoms with Crippen molar-refractivity contribution in [1.29, 1.82) is 0 Å². The molecule has 0 radical (unpaired) electrons. The average Bonchev–Trinajstić information content (AvgIpc) is 2.55. The van der Waals surface area contributed by atoms with E-state index < -0.39 is 0 Å². The van der Waals surface area contributed by atoms with E-state index in [0.29, 0.717) is 12.6 Å². The second-order valence-electron chi connectivity index (χ2n) is 6.05. The highest BCUT2D eigenvalue weighted by Crippen LogP contribution is 2.25. The molecule has 2 aromatic rings.